The number of nitrogens with one attached hydrogen (secondary N) is 1. The minimum atomic E-state index is -0.157. The van der Waals surface area contributed by atoms with Gasteiger partial charge in [0.05, 0.1) is 6.61 Å². The maximum Gasteiger partial charge on any atom is 0.220 e. The minimum Gasteiger partial charge on any atom is -0.396 e. The molecule has 0 saturated heterocycles. The zero-order chi connectivity index (χ0) is 15.4. The molecule has 0 aliphatic carbocycles. The Bertz CT molecular complexity index is 239. The van der Waals surface area contributed by atoms with Gasteiger partial charge in [-0.05, 0) is 38.1 Å². The summed E-state index contributed by atoms with van der Waals surface area (Å²) in [6, 6.07) is 0. The maximum atomic E-state index is 11.9. The number of amides is 1. The van der Waals surface area contributed by atoms with E-state index in [4.69, 9.17) is 5.73 Å². The standard InChI is InChI=1S/C16H34N2O2/c1-4-7-14(10-11-17)8-9-15(20)18-12-16(5-2,6-3)13-19/h14,19H,4-13,17H2,1-3H3,(H,18,20). The zero-order valence-electron chi connectivity index (χ0n) is 13.6. The third kappa shape index (κ3) is 7.25. The first-order valence-corrected chi connectivity index (χ1v) is 8.15. The molecule has 0 saturated carbocycles. The number of carbonyl (C=O) groups is 1. The van der Waals surface area contributed by atoms with Crippen LogP contribution >= 0.6 is 0 Å². The average molecular weight is 286 g/mol. The fourth-order valence-electron chi connectivity index (χ4n) is 2.57. The predicted octanol–water partition coefficient (Wildman–Crippen LogP) is 2.45. The fourth-order valence-corrected chi connectivity index (χ4v) is 2.57. The second kappa shape index (κ2) is 11.1. The van der Waals surface area contributed by atoms with Crippen LogP contribution in [0.3, 0.4) is 0 Å². The zero-order valence-corrected chi connectivity index (χ0v) is 13.6. The molecule has 0 aromatic heterocycles. The SMILES string of the molecule is CCCC(CCN)CCC(=O)NCC(CC)(CC)CO. The molecular formula is C16H34N2O2. The third-order valence-electron chi connectivity index (χ3n) is 4.55. The number of rotatable bonds is 12. The van der Waals surface area contributed by atoms with Crippen molar-refractivity contribution in [2.45, 2.75) is 65.7 Å². The molecule has 0 aliphatic heterocycles. The summed E-state index contributed by atoms with van der Waals surface area (Å²) in [6.45, 7) is 7.69. The molecule has 0 spiro atoms. The van der Waals surface area contributed by atoms with Crippen molar-refractivity contribution in [1.29, 1.82) is 0 Å². The van der Waals surface area contributed by atoms with Crippen LogP contribution in [-0.2, 0) is 4.79 Å². The highest BCUT2D eigenvalue weighted by molar-refractivity contribution is 5.75. The lowest BCUT2D eigenvalue weighted by Gasteiger charge is -2.29. The number of aliphatic hydroxyl groups excluding tert-OH is 1. The molecule has 1 unspecified atom stereocenters. The van der Waals surface area contributed by atoms with Crippen molar-refractivity contribution < 1.29 is 9.90 Å². The second-order valence-electron chi connectivity index (χ2n) is 5.91. The van der Waals surface area contributed by atoms with Crippen LogP contribution in [-0.4, -0.2) is 30.7 Å². The molecule has 4 heteroatoms. The Kier molecular flexibility index (Phi) is 10.8. The number of carbonyl (C=O) groups excluding carboxylic acids is 1. The number of hydrogen-bond acceptors (Lipinski definition) is 3. The van der Waals surface area contributed by atoms with Crippen LogP contribution in [0.25, 0.3) is 0 Å². The van der Waals surface area contributed by atoms with Gasteiger partial charge in [-0.15, -0.1) is 0 Å². The van der Waals surface area contributed by atoms with E-state index < -0.39 is 0 Å². The van der Waals surface area contributed by atoms with Gasteiger partial charge in [-0.3, -0.25) is 4.79 Å². The fraction of sp³-hybridized carbons (Fsp3) is 0.938. The summed E-state index contributed by atoms with van der Waals surface area (Å²) >= 11 is 0. The van der Waals surface area contributed by atoms with Gasteiger partial charge in [0.15, 0.2) is 0 Å². The molecule has 0 aliphatic rings. The van der Waals surface area contributed by atoms with E-state index in [1.807, 2.05) is 0 Å². The molecule has 0 rings (SSSR count). The Morgan fingerprint density at radius 3 is 2.30 bits per heavy atom. The summed E-state index contributed by atoms with van der Waals surface area (Å²) in [6.07, 6.45) is 6.55. The maximum absolute atomic E-state index is 11.9. The topological polar surface area (TPSA) is 75.4 Å². The Morgan fingerprint density at radius 2 is 1.85 bits per heavy atom. The monoisotopic (exact) mass is 286 g/mol. The highest BCUT2D eigenvalue weighted by Crippen LogP contribution is 2.24. The molecule has 0 radical (unpaired) electrons. The smallest absolute Gasteiger partial charge is 0.220 e. The van der Waals surface area contributed by atoms with Crippen LogP contribution in [0.2, 0.25) is 0 Å². The van der Waals surface area contributed by atoms with E-state index in [1.165, 1.54) is 0 Å². The molecular weight excluding hydrogens is 252 g/mol. The third-order valence-corrected chi connectivity index (χ3v) is 4.55. The van der Waals surface area contributed by atoms with Gasteiger partial charge in [0.2, 0.25) is 5.91 Å². The molecule has 0 heterocycles. The normalized spacial score (nSPS) is 13.2. The number of hydrogen-bond donors (Lipinski definition) is 3. The summed E-state index contributed by atoms with van der Waals surface area (Å²) in [5, 5.41) is 12.5. The summed E-state index contributed by atoms with van der Waals surface area (Å²) in [7, 11) is 0. The lowest BCUT2D eigenvalue weighted by molar-refractivity contribution is -0.122. The van der Waals surface area contributed by atoms with Gasteiger partial charge in [-0.2, -0.15) is 0 Å². The summed E-state index contributed by atoms with van der Waals surface area (Å²) in [4.78, 5) is 11.9. The van der Waals surface area contributed by atoms with E-state index in [0.29, 0.717) is 25.4 Å². The van der Waals surface area contributed by atoms with Gasteiger partial charge < -0.3 is 16.2 Å². The Morgan fingerprint density at radius 1 is 1.20 bits per heavy atom. The lowest BCUT2D eigenvalue weighted by Crippen LogP contribution is -2.39. The predicted molar refractivity (Wildman–Crippen MR) is 84.4 cm³/mol. The Labute approximate surface area is 124 Å². The molecule has 4 N–H and O–H groups in total. The molecule has 0 fully saturated rings. The van der Waals surface area contributed by atoms with Crippen LogP contribution in [0, 0.1) is 11.3 Å². The van der Waals surface area contributed by atoms with Gasteiger partial charge in [-0.25, -0.2) is 0 Å². The average Bonchev–Trinajstić information content (AvgIpc) is 2.47. The molecule has 20 heavy (non-hydrogen) atoms. The van der Waals surface area contributed by atoms with Crippen molar-refractivity contribution >= 4 is 5.91 Å². The summed E-state index contributed by atoms with van der Waals surface area (Å²) < 4.78 is 0. The molecule has 120 valence electrons. The van der Waals surface area contributed by atoms with Gasteiger partial charge in [0.1, 0.15) is 0 Å². The molecule has 1 atom stereocenters. The molecule has 1 amide bonds. The van der Waals surface area contributed by atoms with Gasteiger partial charge in [0, 0.05) is 18.4 Å². The first-order chi connectivity index (χ1) is 9.57. The van der Waals surface area contributed by atoms with Gasteiger partial charge in [-0.1, -0.05) is 33.6 Å². The largest absolute Gasteiger partial charge is 0.396 e. The first-order valence-electron chi connectivity index (χ1n) is 8.15. The molecule has 0 aromatic carbocycles. The van der Waals surface area contributed by atoms with Gasteiger partial charge in [0.25, 0.3) is 0 Å². The van der Waals surface area contributed by atoms with E-state index >= 15 is 0 Å². The van der Waals surface area contributed by atoms with E-state index in [2.05, 4.69) is 26.1 Å². The first kappa shape index (κ1) is 19.4. The number of aliphatic hydroxyl groups is 1. The molecule has 0 bridgehead atoms. The van der Waals surface area contributed by atoms with E-state index in [-0.39, 0.29) is 17.9 Å². The van der Waals surface area contributed by atoms with E-state index in [9.17, 15) is 9.90 Å². The molecule has 0 aromatic rings. The quantitative estimate of drug-likeness (QED) is 0.516. The molecule has 4 nitrogen and oxygen atoms in total. The van der Waals surface area contributed by atoms with E-state index in [0.717, 1.165) is 38.5 Å². The highest BCUT2D eigenvalue weighted by Gasteiger charge is 2.25. The van der Waals surface area contributed by atoms with E-state index in [1.54, 1.807) is 0 Å². The van der Waals surface area contributed by atoms with Crippen LogP contribution in [0.4, 0.5) is 0 Å². The number of nitrogens with two attached hydrogens (primary N) is 1. The van der Waals surface area contributed by atoms with Crippen molar-refractivity contribution in [1.82, 2.24) is 5.32 Å². The Hall–Kier alpha value is -0.610. The van der Waals surface area contributed by atoms with Crippen LogP contribution in [0.15, 0.2) is 0 Å². The summed E-state index contributed by atoms with van der Waals surface area (Å²) in [5.74, 6) is 0.665. The highest BCUT2D eigenvalue weighted by atomic mass is 16.3. The minimum absolute atomic E-state index is 0.0999. The van der Waals surface area contributed by atoms with Crippen molar-refractivity contribution in [2.75, 3.05) is 19.7 Å². The van der Waals surface area contributed by atoms with Crippen molar-refractivity contribution in [3.8, 4) is 0 Å². The summed E-state index contributed by atoms with van der Waals surface area (Å²) in [5.41, 5.74) is 5.45. The van der Waals surface area contributed by atoms with Crippen LogP contribution in [0.1, 0.15) is 65.7 Å². The van der Waals surface area contributed by atoms with Crippen molar-refractivity contribution in [3.63, 3.8) is 0 Å². The van der Waals surface area contributed by atoms with Crippen molar-refractivity contribution in [2.24, 2.45) is 17.1 Å². The van der Waals surface area contributed by atoms with Crippen LogP contribution in [0.5, 0.6) is 0 Å². The lowest BCUT2D eigenvalue weighted by atomic mass is 9.83. The van der Waals surface area contributed by atoms with Gasteiger partial charge >= 0.3 is 0 Å². The van der Waals surface area contributed by atoms with Crippen LogP contribution < -0.4 is 11.1 Å². The Balaban J connectivity index is 4.09. The second-order valence-corrected chi connectivity index (χ2v) is 5.91. The van der Waals surface area contributed by atoms with Crippen molar-refractivity contribution in [3.05, 3.63) is 0 Å².